The van der Waals surface area contributed by atoms with Gasteiger partial charge in [-0.3, -0.25) is 0 Å². The fourth-order valence-corrected chi connectivity index (χ4v) is 3.54. The molecule has 0 radical (unpaired) electrons. The van der Waals surface area contributed by atoms with Gasteiger partial charge in [-0.1, -0.05) is 56.1 Å². The Hall–Kier alpha value is -0.760. The van der Waals surface area contributed by atoms with Crippen molar-refractivity contribution >= 4 is 40.1 Å². The minimum atomic E-state index is -3.86. The molecule has 0 aliphatic rings. The van der Waals surface area contributed by atoms with Gasteiger partial charge in [-0.2, -0.15) is 8.78 Å². The lowest BCUT2D eigenvalue weighted by atomic mass is 10.1. The molecule has 0 amide bonds. The second kappa shape index (κ2) is 9.26. The number of halogens is 4. The van der Waals surface area contributed by atoms with Gasteiger partial charge in [-0.25, -0.2) is 0 Å². The van der Waals surface area contributed by atoms with Gasteiger partial charge in [0.05, 0.1) is 18.8 Å². The molecule has 0 spiro atoms. The van der Waals surface area contributed by atoms with E-state index in [1.165, 1.54) is 12.1 Å². The van der Waals surface area contributed by atoms with Crippen LogP contribution in [0.15, 0.2) is 51.4 Å². The molecule has 0 saturated carbocycles. The van der Waals surface area contributed by atoms with Gasteiger partial charge in [0.1, 0.15) is 0 Å². The summed E-state index contributed by atoms with van der Waals surface area (Å²) in [6.45, 7) is 0.732. The SMILES string of the molecule is O=[P+](O)OC(F)(F)c1ccc(COCCc2ccccc2Br)cc1Br. The molecule has 9 heteroatoms. The normalized spacial score (nSPS) is 12.3. The Kier molecular flexibility index (Phi) is 7.61. The van der Waals surface area contributed by atoms with Crippen LogP contribution in [-0.4, -0.2) is 11.5 Å². The third-order valence-corrected chi connectivity index (χ3v) is 5.10. The fourth-order valence-electron chi connectivity index (χ4n) is 2.10. The Labute approximate surface area is 161 Å². The van der Waals surface area contributed by atoms with Gasteiger partial charge in [-0.05, 0) is 40.3 Å². The summed E-state index contributed by atoms with van der Waals surface area (Å²) >= 11 is 6.49. The quantitative estimate of drug-likeness (QED) is 0.375. The van der Waals surface area contributed by atoms with Crippen molar-refractivity contribution in [2.45, 2.75) is 19.1 Å². The molecule has 25 heavy (non-hydrogen) atoms. The van der Waals surface area contributed by atoms with Gasteiger partial charge in [0.15, 0.2) is 0 Å². The predicted molar refractivity (Wildman–Crippen MR) is 96.4 cm³/mol. The van der Waals surface area contributed by atoms with Gasteiger partial charge in [0.25, 0.3) is 0 Å². The van der Waals surface area contributed by atoms with Gasteiger partial charge in [0.2, 0.25) is 0 Å². The average Bonchev–Trinajstić information content (AvgIpc) is 2.51. The Morgan fingerprint density at radius 2 is 1.84 bits per heavy atom. The Bertz CT molecular complexity index is 759. The first-order valence-corrected chi connectivity index (χ1v) is 9.84. The summed E-state index contributed by atoms with van der Waals surface area (Å²) < 4.78 is 48.3. The smallest absolute Gasteiger partial charge is 0.376 e. The van der Waals surface area contributed by atoms with Crippen molar-refractivity contribution in [3.05, 3.63) is 68.1 Å². The molecule has 0 aliphatic carbocycles. The van der Waals surface area contributed by atoms with Crippen molar-refractivity contribution in [1.82, 2.24) is 0 Å². The highest BCUT2D eigenvalue weighted by Gasteiger charge is 2.44. The van der Waals surface area contributed by atoms with Crippen LogP contribution in [0.25, 0.3) is 0 Å². The molecule has 2 aromatic rings. The third kappa shape index (κ3) is 6.16. The van der Waals surface area contributed by atoms with Crippen molar-refractivity contribution in [3.8, 4) is 0 Å². The zero-order chi connectivity index (χ0) is 18.4. The number of benzene rings is 2. The summed E-state index contributed by atoms with van der Waals surface area (Å²) in [5.41, 5.74) is 1.28. The summed E-state index contributed by atoms with van der Waals surface area (Å²) in [6.07, 6.45) is -3.14. The van der Waals surface area contributed by atoms with Crippen molar-refractivity contribution in [1.29, 1.82) is 0 Å². The first-order valence-electron chi connectivity index (χ1n) is 7.13. The lowest BCUT2D eigenvalue weighted by Crippen LogP contribution is -2.15. The van der Waals surface area contributed by atoms with Gasteiger partial charge in [-0.15, -0.1) is 4.89 Å². The maximum atomic E-state index is 13.7. The summed E-state index contributed by atoms with van der Waals surface area (Å²) in [6, 6.07) is 11.9. The molecule has 0 bridgehead atoms. The zero-order valence-corrected chi connectivity index (χ0v) is 16.9. The molecule has 1 N–H and O–H groups in total. The number of ether oxygens (including phenoxy) is 1. The van der Waals surface area contributed by atoms with E-state index in [1.54, 1.807) is 0 Å². The van der Waals surface area contributed by atoms with Crippen LogP contribution >= 0.6 is 40.1 Å². The Morgan fingerprint density at radius 3 is 2.48 bits per heavy atom. The molecule has 0 fully saturated rings. The van der Waals surface area contributed by atoms with Crippen LogP contribution in [0.4, 0.5) is 8.78 Å². The van der Waals surface area contributed by atoms with Crippen molar-refractivity contribution in [3.63, 3.8) is 0 Å². The van der Waals surface area contributed by atoms with Gasteiger partial charge in [0, 0.05) is 13.5 Å². The number of hydrogen-bond donors (Lipinski definition) is 1. The molecule has 2 rings (SSSR count). The lowest BCUT2D eigenvalue weighted by molar-refractivity contribution is -0.186. The first-order chi connectivity index (χ1) is 11.8. The molecule has 134 valence electrons. The van der Waals surface area contributed by atoms with Gasteiger partial charge >= 0.3 is 14.4 Å². The largest absolute Gasteiger partial charge is 0.701 e. The molecular formula is C16H14Br2F2O4P+. The van der Waals surface area contributed by atoms with E-state index in [4.69, 9.17) is 9.63 Å². The molecule has 0 aliphatic heterocycles. The summed E-state index contributed by atoms with van der Waals surface area (Å²) in [5, 5.41) is 0. The highest BCUT2D eigenvalue weighted by molar-refractivity contribution is 9.10. The highest BCUT2D eigenvalue weighted by Crippen LogP contribution is 2.40. The molecule has 1 atom stereocenters. The van der Waals surface area contributed by atoms with Crippen LogP contribution < -0.4 is 0 Å². The maximum Gasteiger partial charge on any atom is 0.701 e. The third-order valence-electron chi connectivity index (χ3n) is 3.28. The van der Waals surface area contributed by atoms with Crippen LogP contribution in [0.1, 0.15) is 16.7 Å². The van der Waals surface area contributed by atoms with Gasteiger partial charge < -0.3 is 4.74 Å². The number of alkyl halides is 2. The molecule has 4 nitrogen and oxygen atoms in total. The van der Waals surface area contributed by atoms with Crippen molar-refractivity contribution in [2.24, 2.45) is 0 Å². The molecule has 0 heterocycles. The zero-order valence-electron chi connectivity index (χ0n) is 12.8. The highest BCUT2D eigenvalue weighted by atomic mass is 79.9. The Morgan fingerprint density at radius 1 is 1.12 bits per heavy atom. The number of hydrogen-bond acceptors (Lipinski definition) is 3. The van der Waals surface area contributed by atoms with Crippen LogP contribution in [0, 0.1) is 0 Å². The molecule has 1 unspecified atom stereocenters. The summed E-state index contributed by atoms with van der Waals surface area (Å²) in [7, 11) is -3.42. The second-order valence-corrected chi connectivity index (χ2v) is 7.42. The lowest BCUT2D eigenvalue weighted by Gasteiger charge is -2.12. The standard InChI is InChI=1S/C16H13Br2F2O4P/c17-14-4-2-1-3-12(14)7-8-23-10-11-5-6-13(15(18)9-11)16(19,20)24-25(21)22/h1-6,9H,7-8,10H2/p+1. The van der Waals surface area contributed by atoms with Crippen molar-refractivity contribution in [2.75, 3.05) is 6.61 Å². The molecule has 0 aromatic heterocycles. The van der Waals surface area contributed by atoms with E-state index in [2.05, 4.69) is 36.4 Å². The van der Waals surface area contributed by atoms with Crippen LogP contribution in [0.5, 0.6) is 0 Å². The van der Waals surface area contributed by atoms with E-state index < -0.39 is 19.9 Å². The van der Waals surface area contributed by atoms with Crippen LogP contribution in [0.2, 0.25) is 0 Å². The molecule has 0 saturated heterocycles. The fraction of sp³-hybridized carbons (Fsp3) is 0.250. The van der Waals surface area contributed by atoms with Crippen LogP contribution in [-0.2, 0) is 33.0 Å². The maximum absolute atomic E-state index is 13.7. The topological polar surface area (TPSA) is 55.8 Å². The Balaban J connectivity index is 1.92. The van der Waals surface area contributed by atoms with E-state index in [0.29, 0.717) is 12.2 Å². The van der Waals surface area contributed by atoms with E-state index in [1.807, 2.05) is 24.3 Å². The molecule has 2 aromatic carbocycles. The van der Waals surface area contributed by atoms with Crippen LogP contribution in [0.3, 0.4) is 0 Å². The minimum Gasteiger partial charge on any atom is -0.376 e. The summed E-state index contributed by atoms with van der Waals surface area (Å²) in [5.74, 6) is 0. The number of rotatable bonds is 8. The molecular weight excluding hydrogens is 485 g/mol. The second-order valence-electron chi connectivity index (χ2n) is 5.05. The first kappa shape index (κ1) is 20.6. The van der Waals surface area contributed by atoms with Crippen molar-refractivity contribution < 1.29 is 27.5 Å². The van der Waals surface area contributed by atoms with E-state index >= 15 is 0 Å². The monoisotopic (exact) mass is 497 g/mol. The summed E-state index contributed by atoms with van der Waals surface area (Å²) in [4.78, 5) is 8.52. The predicted octanol–water partition coefficient (Wildman–Crippen LogP) is 5.69. The minimum absolute atomic E-state index is 0.0706. The van der Waals surface area contributed by atoms with E-state index in [-0.39, 0.29) is 11.1 Å². The van der Waals surface area contributed by atoms with E-state index in [9.17, 15) is 13.3 Å². The van der Waals surface area contributed by atoms with E-state index in [0.717, 1.165) is 22.5 Å². The average molecular weight is 499 g/mol.